The molecule has 0 radical (unpaired) electrons. The topological polar surface area (TPSA) is 111 Å². The zero-order valence-electron chi connectivity index (χ0n) is 27.1. The van der Waals surface area contributed by atoms with E-state index in [2.05, 4.69) is 20.3 Å². The molecule has 3 N–H and O–H groups in total. The number of pyridine rings is 1. The molecule has 50 heavy (non-hydrogen) atoms. The van der Waals surface area contributed by atoms with Gasteiger partial charge in [-0.05, 0) is 44.7 Å². The standard InChI is InChI=1S/C33H34F7N7O3/c1-13-22(33(38,39)40)18(6-19(41)23(13)34)25-24(35)26-21-28(47-7-15-3-4-20(42-15)27(47)14(2)50-29(21)43-25)45-30(44-26)49-12-31(10-32(31,36)37)11-46-8-17-5-16(46)9-48-17/h6,14-17,20,27,42H,3-5,7-12,41H2,1-2H3/t14-,15+,16+,17+,20-,27+,31+/m0/s1. The molecule has 1 saturated carbocycles. The van der Waals surface area contributed by atoms with Gasteiger partial charge in [0.2, 0.25) is 5.88 Å². The second-order valence-corrected chi connectivity index (χ2v) is 14.7. The van der Waals surface area contributed by atoms with Crippen LogP contribution in [-0.2, 0) is 10.9 Å². The number of likely N-dealkylation sites (tertiary alicyclic amines) is 1. The summed E-state index contributed by atoms with van der Waals surface area (Å²) in [6.07, 6.45) is -3.66. The number of nitrogens with one attached hydrogen (secondary N) is 1. The average molecular weight is 710 g/mol. The van der Waals surface area contributed by atoms with Crippen LogP contribution in [0.4, 0.5) is 42.2 Å². The molecule has 5 fully saturated rings. The molecule has 0 amide bonds. The van der Waals surface area contributed by atoms with Gasteiger partial charge in [-0.25, -0.2) is 22.5 Å². The average Bonchev–Trinajstić information content (AvgIpc) is 3.49. The van der Waals surface area contributed by atoms with Crippen molar-refractivity contribution in [2.24, 2.45) is 5.41 Å². The molecule has 1 aliphatic carbocycles. The van der Waals surface area contributed by atoms with Crippen LogP contribution in [0.5, 0.6) is 11.9 Å². The number of morpholine rings is 1. The molecule has 4 bridgehead atoms. The summed E-state index contributed by atoms with van der Waals surface area (Å²) in [4.78, 5) is 17.2. The van der Waals surface area contributed by atoms with Gasteiger partial charge in [0.15, 0.2) is 5.82 Å². The van der Waals surface area contributed by atoms with Crippen LogP contribution < -0.4 is 25.4 Å². The molecule has 3 aromatic rings. The number of rotatable bonds is 6. The van der Waals surface area contributed by atoms with Crippen molar-refractivity contribution in [3.63, 3.8) is 0 Å². The Morgan fingerprint density at radius 1 is 1.12 bits per heavy atom. The Morgan fingerprint density at radius 3 is 2.58 bits per heavy atom. The van der Waals surface area contributed by atoms with E-state index in [9.17, 15) is 17.6 Å². The lowest BCUT2D eigenvalue weighted by atomic mass is 9.96. The Balaban J connectivity index is 1.19. The van der Waals surface area contributed by atoms with E-state index in [1.54, 1.807) is 6.92 Å². The predicted molar refractivity (Wildman–Crippen MR) is 165 cm³/mol. The number of benzene rings is 1. The largest absolute Gasteiger partial charge is 0.472 e. The molecular weight excluding hydrogens is 675 g/mol. The number of nitrogens with zero attached hydrogens (tertiary/aromatic N) is 5. The first-order chi connectivity index (χ1) is 23.6. The highest BCUT2D eigenvalue weighted by Gasteiger charge is 2.72. The molecule has 9 rings (SSSR count). The molecule has 2 aromatic heterocycles. The smallest absolute Gasteiger partial charge is 0.417 e. The van der Waals surface area contributed by atoms with Crippen LogP contribution in [0.15, 0.2) is 6.07 Å². The molecule has 17 heteroatoms. The monoisotopic (exact) mass is 709 g/mol. The molecule has 6 aliphatic rings. The van der Waals surface area contributed by atoms with E-state index in [1.807, 2.05) is 9.80 Å². The summed E-state index contributed by atoms with van der Waals surface area (Å²) in [5.74, 6) is -5.62. The number of fused-ring (bicyclic) bond motifs is 7. The third-order valence-electron chi connectivity index (χ3n) is 11.5. The van der Waals surface area contributed by atoms with Crippen molar-refractivity contribution in [1.29, 1.82) is 0 Å². The lowest BCUT2D eigenvalue weighted by Gasteiger charge is -2.42. The van der Waals surface area contributed by atoms with Crippen molar-refractivity contribution >= 4 is 22.4 Å². The number of piperazine rings is 1. The maximum atomic E-state index is 16.8. The summed E-state index contributed by atoms with van der Waals surface area (Å²) in [6.45, 7) is 3.74. The number of halogens is 7. The lowest BCUT2D eigenvalue weighted by Crippen LogP contribution is -2.62. The predicted octanol–water partition coefficient (Wildman–Crippen LogP) is 4.85. The fourth-order valence-corrected chi connectivity index (χ4v) is 8.92. The van der Waals surface area contributed by atoms with E-state index < -0.39 is 87.9 Å². The number of hydrogen-bond donors (Lipinski definition) is 2. The van der Waals surface area contributed by atoms with E-state index in [0.717, 1.165) is 26.2 Å². The van der Waals surface area contributed by atoms with Crippen LogP contribution in [0.2, 0.25) is 0 Å². The highest BCUT2D eigenvalue weighted by Crippen LogP contribution is 2.61. The van der Waals surface area contributed by atoms with Crippen LogP contribution in [0.25, 0.3) is 22.2 Å². The summed E-state index contributed by atoms with van der Waals surface area (Å²) < 4.78 is 123. The van der Waals surface area contributed by atoms with E-state index in [4.69, 9.17) is 19.9 Å². The number of alkyl halides is 5. The van der Waals surface area contributed by atoms with Gasteiger partial charge in [-0.2, -0.15) is 23.1 Å². The maximum Gasteiger partial charge on any atom is 0.417 e. The molecule has 0 spiro atoms. The van der Waals surface area contributed by atoms with Crippen LogP contribution in [0.3, 0.4) is 0 Å². The lowest BCUT2D eigenvalue weighted by molar-refractivity contribution is -0.137. The SMILES string of the molecule is Cc1c(F)c(N)cc(-c2nc3c4c(nc(OC[C@]5(CN6C[C@H]7C[C@@H]6CO7)CC5(F)F)nc4c2F)N2C[C@H]4CC[C@H](N4)[C@H]2[C@H](C)O3)c1C(F)(F)F. The van der Waals surface area contributed by atoms with Gasteiger partial charge in [-0.1, -0.05) is 0 Å². The minimum absolute atomic E-state index is 0.00849. The zero-order valence-corrected chi connectivity index (χ0v) is 27.1. The fourth-order valence-electron chi connectivity index (χ4n) is 8.92. The van der Waals surface area contributed by atoms with Gasteiger partial charge in [0, 0.05) is 49.7 Å². The van der Waals surface area contributed by atoms with Crippen molar-refractivity contribution < 1.29 is 44.9 Å². The normalized spacial score (nSPS) is 32.3. The summed E-state index contributed by atoms with van der Waals surface area (Å²) in [5.41, 5.74) is -0.765. The highest BCUT2D eigenvalue weighted by atomic mass is 19.4. The van der Waals surface area contributed by atoms with Crippen LogP contribution in [-0.4, -0.2) is 95.0 Å². The number of aromatic nitrogens is 3. The van der Waals surface area contributed by atoms with E-state index in [1.165, 1.54) is 0 Å². The zero-order chi connectivity index (χ0) is 35.1. The molecule has 1 aromatic carbocycles. The number of anilines is 2. The Hall–Kier alpha value is -3.70. The molecule has 10 nitrogen and oxygen atoms in total. The first-order valence-electron chi connectivity index (χ1n) is 16.8. The van der Waals surface area contributed by atoms with Gasteiger partial charge < -0.3 is 30.2 Å². The van der Waals surface area contributed by atoms with Gasteiger partial charge in [0.05, 0.1) is 35.4 Å². The Kier molecular flexibility index (Phi) is 6.87. The van der Waals surface area contributed by atoms with Gasteiger partial charge in [0.1, 0.15) is 40.9 Å². The van der Waals surface area contributed by atoms with Crippen LogP contribution in [0, 0.1) is 24.0 Å². The number of ether oxygens (including phenoxy) is 3. The van der Waals surface area contributed by atoms with Crippen molar-refractivity contribution in [2.45, 2.75) is 88.0 Å². The minimum Gasteiger partial charge on any atom is -0.472 e. The first kappa shape index (κ1) is 32.2. The maximum absolute atomic E-state index is 16.8. The third kappa shape index (κ3) is 4.75. The summed E-state index contributed by atoms with van der Waals surface area (Å²) in [6, 6.07) is 0.000326. The first-order valence-corrected chi connectivity index (χ1v) is 16.8. The van der Waals surface area contributed by atoms with Crippen LogP contribution in [0.1, 0.15) is 43.7 Å². The molecule has 5 aliphatic heterocycles. The molecule has 268 valence electrons. The molecule has 7 heterocycles. The fraction of sp³-hybridized carbons (Fsp3) is 0.606. The van der Waals surface area contributed by atoms with E-state index >= 15 is 13.2 Å². The summed E-state index contributed by atoms with van der Waals surface area (Å²) in [7, 11) is 0. The number of hydrogen-bond acceptors (Lipinski definition) is 10. The molecule has 4 saturated heterocycles. The minimum atomic E-state index is -5.11. The molecule has 7 atom stereocenters. The van der Waals surface area contributed by atoms with Crippen molar-refractivity contribution in [2.75, 3.05) is 43.5 Å². The molecule has 0 unspecified atom stereocenters. The number of nitrogens with two attached hydrogens (primary N) is 1. The van der Waals surface area contributed by atoms with Gasteiger partial charge in [-0.15, -0.1) is 0 Å². The van der Waals surface area contributed by atoms with Crippen molar-refractivity contribution in [3.8, 4) is 23.1 Å². The summed E-state index contributed by atoms with van der Waals surface area (Å²) in [5, 5.41) is 3.57. The third-order valence-corrected chi connectivity index (χ3v) is 11.5. The Bertz CT molecular complexity index is 1930. The second-order valence-electron chi connectivity index (χ2n) is 14.7. The Labute approximate surface area is 281 Å². The summed E-state index contributed by atoms with van der Waals surface area (Å²) >= 11 is 0. The van der Waals surface area contributed by atoms with Crippen molar-refractivity contribution in [3.05, 3.63) is 28.8 Å². The van der Waals surface area contributed by atoms with Gasteiger partial charge >= 0.3 is 12.2 Å². The van der Waals surface area contributed by atoms with E-state index in [0.29, 0.717) is 25.8 Å². The van der Waals surface area contributed by atoms with Crippen molar-refractivity contribution in [1.82, 2.24) is 25.2 Å². The number of nitrogen functional groups attached to an aromatic ring is 1. The van der Waals surface area contributed by atoms with Gasteiger partial charge in [0.25, 0.3) is 5.92 Å². The second kappa shape index (κ2) is 10.7. The quantitative estimate of drug-likeness (QED) is 0.273. The molecular formula is C33H34F7N7O3. The Morgan fingerprint density at radius 2 is 1.90 bits per heavy atom. The van der Waals surface area contributed by atoms with Gasteiger partial charge in [-0.3, -0.25) is 4.90 Å². The highest BCUT2D eigenvalue weighted by molar-refractivity contribution is 5.97. The van der Waals surface area contributed by atoms with Crippen LogP contribution >= 0.6 is 0 Å². The van der Waals surface area contributed by atoms with E-state index in [-0.39, 0.29) is 53.9 Å².